The van der Waals surface area contributed by atoms with Crippen LogP contribution in [0.15, 0.2) is 57.7 Å². The molecular weight excluding hydrogens is 402 g/mol. The largest absolute Gasteiger partial charge is 0.485 e. The van der Waals surface area contributed by atoms with E-state index in [0.717, 1.165) is 12.8 Å². The molecule has 0 aliphatic carbocycles. The molecule has 1 aliphatic rings. The van der Waals surface area contributed by atoms with Crippen LogP contribution in [0, 0.1) is 0 Å². The Morgan fingerprint density at radius 2 is 1.94 bits per heavy atom. The third kappa shape index (κ3) is 4.53. The Bertz CT molecular complexity index is 1180. The number of esters is 1. The number of nitrogens with one attached hydrogen (secondary N) is 1. The minimum absolute atomic E-state index is 0.0228. The summed E-state index contributed by atoms with van der Waals surface area (Å²) in [4.78, 5) is 36.9. The molecule has 8 nitrogen and oxygen atoms in total. The van der Waals surface area contributed by atoms with Crippen LogP contribution in [-0.2, 0) is 4.79 Å². The van der Waals surface area contributed by atoms with Crippen molar-refractivity contribution < 1.29 is 28.2 Å². The number of unbranched alkanes of at least 4 members (excludes halogenated alkanes) is 1. The standard InChI is InChI=1S/C23H21NO7/c1-2-3-10-24-21(25)16-11-14-8-9-15(12-19(14)31-22(16)26)29-23(27)20-13-28-17-6-4-5-7-18(17)30-20/h4-9,11-12,20H,2-3,10,13H2,1H3,(H,24,25). The molecule has 8 heteroatoms. The number of ether oxygens (including phenoxy) is 3. The van der Waals surface area contributed by atoms with Crippen LogP contribution in [0.5, 0.6) is 17.2 Å². The van der Waals surface area contributed by atoms with Crippen LogP contribution in [0.4, 0.5) is 0 Å². The zero-order valence-corrected chi connectivity index (χ0v) is 16.9. The number of benzene rings is 2. The Hall–Kier alpha value is -3.81. The van der Waals surface area contributed by atoms with Crippen molar-refractivity contribution in [1.29, 1.82) is 0 Å². The number of carbonyl (C=O) groups excluding carboxylic acids is 2. The van der Waals surface area contributed by atoms with Crippen molar-refractivity contribution in [3.05, 3.63) is 64.5 Å². The van der Waals surface area contributed by atoms with Gasteiger partial charge in [-0.25, -0.2) is 9.59 Å². The first-order valence-electron chi connectivity index (χ1n) is 10.0. The van der Waals surface area contributed by atoms with Gasteiger partial charge in [0.25, 0.3) is 5.91 Å². The van der Waals surface area contributed by atoms with Crippen LogP contribution in [0.2, 0.25) is 0 Å². The van der Waals surface area contributed by atoms with E-state index < -0.39 is 23.6 Å². The van der Waals surface area contributed by atoms with Crippen molar-refractivity contribution in [2.24, 2.45) is 0 Å². The zero-order valence-electron chi connectivity index (χ0n) is 16.9. The maximum atomic E-state index is 12.5. The number of rotatable bonds is 6. The number of carbonyl (C=O) groups is 2. The third-order valence-corrected chi connectivity index (χ3v) is 4.76. The van der Waals surface area contributed by atoms with Gasteiger partial charge >= 0.3 is 11.6 Å². The number of amides is 1. The summed E-state index contributed by atoms with van der Waals surface area (Å²) in [7, 11) is 0. The number of para-hydroxylation sites is 2. The van der Waals surface area contributed by atoms with Crippen molar-refractivity contribution in [3.8, 4) is 17.2 Å². The van der Waals surface area contributed by atoms with Gasteiger partial charge < -0.3 is 23.9 Å². The molecule has 1 aliphatic heterocycles. The highest BCUT2D eigenvalue weighted by atomic mass is 16.6. The molecule has 1 amide bonds. The van der Waals surface area contributed by atoms with Crippen molar-refractivity contribution in [1.82, 2.24) is 5.32 Å². The maximum Gasteiger partial charge on any atom is 0.356 e. The maximum absolute atomic E-state index is 12.5. The van der Waals surface area contributed by atoms with E-state index in [1.807, 2.05) is 13.0 Å². The van der Waals surface area contributed by atoms with E-state index in [-0.39, 0.29) is 23.5 Å². The van der Waals surface area contributed by atoms with Crippen LogP contribution in [0.25, 0.3) is 11.0 Å². The lowest BCUT2D eigenvalue weighted by molar-refractivity contribution is -0.144. The molecule has 2 heterocycles. The van der Waals surface area contributed by atoms with Gasteiger partial charge in [-0.1, -0.05) is 25.5 Å². The molecule has 1 aromatic heterocycles. The summed E-state index contributed by atoms with van der Waals surface area (Å²) < 4.78 is 21.8. The van der Waals surface area contributed by atoms with Crippen molar-refractivity contribution in [2.45, 2.75) is 25.9 Å². The topological polar surface area (TPSA) is 104 Å². The molecule has 0 saturated carbocycles. The number of hydrogen-bond acceptors (Lipinski definition) is 7. The van der Waals surface area contributed by atoms with Crippen LogP contribution < -0.4 is 25.2 Å². The molecule has 0 saturated heterocycles. The molecule has 1 N–H and O–H groups in total. The van der Waals surface area contributed by atoms with Crippen molar-refractivity contribution in [3.63, 3.8) is 0 Å². The van der Waals surface area contributed by atoms with Gasteiger partial charge in [-0.15, -0.1) is 0 Å². The van der Waals surface area contributed by atoms with Crippen LogP contribution >= 0.6 is 0 Å². The van der Waals surface area contributed by atoms with E-state index >= 15 is 0 Å². The molecule has 4 rings (SSSR count). The minimum Gasteiger partial charge on any atom is -0.485 e. The molecule has 1 unspecified atom stereocenters. The van der Waals surface area contributed by atoms with Gasteiger partial charge in [0.1, 0.15) is 23.5 Å². The van der Waals surface area contributed by atoms with Crippen LogP contribution in [0.3, 0.4) is 0 Å². The second-order valence-electron chi connectivity index (χ2n) is 7.04. The monoisotopic (exact) mass is 423 g/mol. The Balaban J connectivity index is 1.48. The van der Waals surface area contributed by atoms with Crippen molar-refractivity contribution >= 4 is 22.8 Å². The molecule has 0 spiro atoms. The molecule has 31 heavy (non-hydrogen) atoms. The molecule has 0 radical (unpaired) electrons. The molecule has 0 bridgehead atoms. The fraction of sp³-hybridized carbons (Fsp3) is 0.261. The Morgan fingerprint density at radius 1 is 1.13 bits per heavy atom. The highest BCUT2D eigenvalue weighted by Gasteiger charge is 2.29. The van der Waals surface area contributed by atoms with Crippen LogP contribution in [0.1, 0.15) is 30.1 Å². The van der Waals surface area contributed by atoms with Gasteiger partial charge in [0.05, 0.1) is 0 Å². The van der Waals surface area contributed by atoms with E-state index in [4.69, 9.17) is 18.6 Å². The van der Waals surface area contributed by atoms with E-state index in [9.17, 15) is 14.4 Å². The Labute approximate surface area is 177 Å². The summed E-state index contributed by atoms with van der Waals surface area (Å²) in [6.45, 7) is 2.52. The van der Waals surface area contributed by atoms with E-state index in [1.54, 1.807) is 30.3 Å². The molecule has 2 aromatic carbocycles. The average Bonchev–Trinajstić information content (AvgIpc) is 2.78. The summed E-state index contributed by atoms with van der Waals surface area (Å²) in [5.41, 5.74) is -0.628. The second-order valence-corrected chi connectivity index (χ2v) is 7.04. The normalized spacial score (nSPS) is 14.8. The molecule has 3 aromatic rings. The lowest BCUT2D eigenvalue weighted by Gasteiger charge is -2.24. The smallest absolute Gasteiger partial charge is 0.356 e. The van der Waals surface area contributed by atoms with E-state index in [2.05, 4.69) is 5.32 Å². The summed E-state index contributed by atoms with van der Waals surface area (Å²) in [5, 5.41) is 3.23. The molecular formula is C23H21NO7. The Kier molecular flexibility index (Phi) is 5.88. The summed E-state index contributed by atoms with van der Waals surface area (Å²) in [6, 6.07) is 13.1. The molecule has 1 atom stereocenters. The fourth-order valence-corrected chi connectivity index (χ4v) is 3.10. The first kappa shape index (κ1) is 20.5. The lowest BCUT2D eigenvalue weighted by atomic mass is 10.1. The summed E-state index contributed by atoms with van der Waals surface area (Å²) in [5.74, 6) is 0.0965. The van der Waals surface area contributed by atoms with Gasteiger partial charge in [0.2, 0.25) is 6.10 Å². The zero-order chi connectivity index (χ0) is 21.8. The van der Waals surface area contributed by atoms with Gasteiger partial charge in [0.15, 0.2) is 11.5 Å². The highest BCUT2D eigenvalue weighted by Crippen LogP contribution is 2.31. The minimum atomic E-state index is -0.924. The van der Waals surface area contributed by atoms with Crippen molar-refractivity contribution in [2.75, 3.05) is 13.2 Å². The molecule has 0 fully saturated rings. The second kappa shape index (κ2) is 8.91. The SMILES string of the molecule is CCCCNC(=O)c1cc2ccc(OC(=O)C3COc4ccccc4O3)cc2oc1=O. The van der Waals surface area contributed by atoms with Gasteiger partial charge in [-0.05, 0) is 36.8 Å². The van der Waals surface area contributed by atoms with E-state index in [1.165, 1.54) is 12.1 Å². The lowest BCUT2D eigenvalue weighted by Crippen LogP contribution is -2.39. The van der Waals surface area contributed by atoms with E-state index in [0.29, 0.717) is 23.4 Å². The molecule has 160 valence electrons. The van der Waals surface area contributed by atoms with Gasteiger partial charge in [-0.2, -0.15) is 0 Å². The predicted molar refractivity (Wildman–Crippen MR) is 112 cm³/mol. The predicted octanol–water partition coefficient (Wildman–Crippen LogP) is 3.07. The summed E-state index contributed by atoms with van der Waals surface area (Å²) >= 11 is 0. The highest BCUT2D eigenvalue weighted by molar-refractivity contribution is 5.96. The third-order valence-electron chi connectivity index (χ3n) is 4.76. The van der Waals surface area contributed by atoms with Crippen LogP contribution in [-0.4, -0.2) is 31.1 Å². The van der Waals surface area contributed by atoms with Gasteiger partial charge in [-0.3, -0.25) is 4.79 Å². The fourth-order valence-electron chi connectivity index (χ4n) is 3.10. The quantitative estimate of drug-likeness (QED) is 0.281. The number of hydrogen-bond donors (Lipinski definition) is 1. The average molecular weight is 423 g/mol. The first-order valence-corrected chi connectivity index (χ1v) is 10.0. The number of fused-ring (bicyclic) bond motifs is 2. The summed E-state index contributed by atoms with van der Waals surface area (Å²) in [6.07, 6.45) is 0.825. The van der Waals surface area contributed by atoms with Gasteiger partial charge in [0, 0.05) is 18.0 Å². The first-order chi connectivity index (χ1) is 15.0. The Morgan fingerprint density at radius 3 is 2.74 bits per heavy atom.